The molecule has 0 aromatic rings. The Hall–Kier alpha value is -0.130. The van der Waals surface area contributed by atoms with E-state index in [1.54, 1.807) is 0 Å². The van der Waals surface area contributed by atoms with E-state index in [1.165, 1.54) is 0 Å². The van der Waals surface area contributed by atoms with Crippen LogP contribution in [0.1, 0.15) is 26.7 Å². The van der Waals surface area contributed by atoms with E-state index in [9.17, 15) is 8.42 Å². The van der Waals surface area contributed by atoms with Crippen LogP contribution in [0.4, 0.5) is 0 Å². The lowest BCUT2D eigenvalue weighted by atomic mass is 10.0. The van der Waals surface area contributed by atoms with E-state index in [0.29, 0.717) is 29.4 Å². The molecule has 2 heterocycles. The molecule has 0 amide bonds. The summed E-state index contributed by atoms with van der Waals surface area (Å²) in [6.45, 7) is 8.72. The summed E-state index contributed by atoms with van der Waals surface area (Å²) in [5.74, 6) is 1.82. The van der Waals surface area contributed by atoms with Crippen molar-refractivity contribution in [3.63, 3.8) is 0 Å². The molecule has 0 radical (unpaired) electrons. The van der Waals surface area contributed by atoms with Gasteiger partial charge in [0.05, 0.1) is 11.5 Å². The lowest BCUT2D eigenvalue weighted by molar-refractivity contribution is 0.181. The van der Waals surface area contributed by atoms with Gasteiger partial charge in [-0.2, -0.15) is 0 Å². The molecule has 2 saturated heterocycles. The van der Waals surface area contributed by atoms with E-state index in [1.807, 2.05) is 0 Å². The molecule has 106 valence electrons. The van der Waals surface area contributed by atoms with E-state index < -0.39 is 9.84 Å². The topological polar surface area (TPSA) is 49.4 Å². The zero-order valence-electron chi connectivity index (χ0n) is 11.6. The van der Waals surface area contributed by atoms with Crippen molar-refractivity contribution in [1.82, 2.24) is 10.2 Å². The van der Waals surface area contributed by atoms with Crippen molar-refractivity contribution in [2.24, 2.45) is 11.8 Å². The van der Waals surface area contributed by atoms with Crippen LogP contribution in [-0.2, 0) is 9.84 Å². The molecule has 2 aliphatic rings. The van der Waals surface area contributed by atoms with E-state index in [-0.39, 0.29) is 0 Å². The Kier molecular flexibility index (Phi) is 4.67. The molecule has 3 unspecified atom stereocenters. The zero-order valence-corrected chi connectivity index (χ0v) is 12.4. The van der Waals surface area contributed by atoms with Gasteiger partial charge in [0.25, 0.3) is 0 Å². The Balaban J connectivity index is 1.87. The minimum atomic E-state index is -2.73. The van der Waals surface area contributed by atoms with Crippen molar-refractivity contribution in [2.75, 3.05) is 37.7 Å². The molecule has 2 aliphatic heterocycles. The predicted octanol–water partition coefficient (Wildman–Crippen LogP) is 0.741. The molecule has 2 fully saturated rings. The number of rotatable bonds is 2. The highest BCUT2D eigenvalue weighted by atomic mass is 32.2. The molecule has 0 aromatic carbocycles. The van der Waals surface area contributed by atoms with Gasteiger partial charge in [-0.05, 0) is 44.7 Å². The van der Waals surface area contributed by atoms with Crippen LogP contribution in [0.2, 0.25) is 0 Å². The van der Waals surface area contributed by atoms with Crippen molar-refractivity contribution < 1.29 is 8.42 Å². The van der Waals surface area contributed by atoms with Crippen molar-refractivity contribution >= 4 is 9.84 Å². The molecule has 4 nitrogen and oxygen atoms in total. The fourth-order valence-electron chi connectivity index (χ4n) is 3.02. The Bertz CT molecular complexity index is 369. The maximum Gasteiger partial charge on any atom is 0.150 e. The van der Waals surface area contributed by atoms with Gasteiger partial charge in [-0.25, -0.2) is 8.42 Å². The fraction of sp³-hybridized carbons (Fsp3) is 1.00. The first kappa shape index (κ1) is 14.3. The predicted molar refractivity (Wildman–Crippen MR) is 74.4 cm³/mol. The van der Waals surface area contributed by atoms with Gasteiger partial charge < -0.3 is 10.2 Å². The summed E-state index contributed by atoms with van der Waals surface area (Å²) in [5.41, 5.74) is 0. The summed E-state index contributed by atoms with van der Waals surface area (Å²) >= 11 is 0. The Morgan fingerprint density at radius 1 is 1.28 bits per heavy atom. The Morgan fingerprint density at radius 3 is 2.72 bits per heavy atom. The molecule has 0 aromatic heterocycles. The van der Waals surface area contributed by atoms with Crippen LogP contribution in [0, 0.1) is 11.8 Å². The summed E-state index contributed by atoms with van der Waals surface area (Å²) in [5, 5.41) is 3.54. The summed E-state index contributed by atoms with van der Waals surface area (Å²) in [6.07, 6.45) is 2.02. The smallest absolute Gasteiger partial charge is 0.150 e. The first-order chi connectivity index (χ1) is 8.44. The molecule has 0 spiro atoms. The normalized spacial score (nSPS) is 38.2. The van der Waals surface area contributed by atoms with Crippen molar-refractivity contribution in [3.05, 3.63) is 0 Å². The van der Waals surface area contributed by atoms with E-state index in [2.05, 4.69) is 24.1 Å². The maximum absolute atomic E-state index is 11.5. The van der Waals surface area contributed by atoms with Crippen LogP contribution in [-0.4, -0.2) is 57.0 Å². The summed E-state index contributed by atoms with van der Waals surface area (Å²) in [6, 6.07) is 0.572. The van der Waals surface area contributed by atoms with Gasteiger partial charge in [0, 0.05) is 19.1 Å². The molecule has 0 saturated carbocycles. The van der Waals surface area contributed by atoms with E-state index >= 15 is 0 Å². The first-order valence-electron chi connectivity index (χ1n) is 7.11. The van der Waals surface area contributed by atoms with Gasteiger partial charge in [-0.3, -0.25) is 0 Å². The Morgan fingerprint density at radius 2 is 2.06 bits per heavy atom. The number of nitrogens with zero attached hydrogens (tertiary/aromatic N) is 1. The van der Waals surface area contributed by atoms with Gasteiger partial charge in [-0.15, -0.1) is 0 Å². The van der Waals surface area contributed by atoms with Gasteiger partial charge in [0.15, 0.2) is 9.84 Å². The number of nitrogens with one attached hydrogen (secondary N) is 1. The van der Waals surface area contributed by atoms with Crippen LogP contribution in [0.15, 0.2) is 0 Å². The SMILES string of the molecule is CC1CNC(C)CCN(CC2CCS(=O)(=O)C2)C1. The largest absolute Gasteiger partial charge is 0.314 e. The molecule has 3 atom stereocenters. The highest BCUT2D eigenvalue weighted by Crippen LogP contribution is 2.20. The molecule has 2 rings (SSSR count). The number of sulfone groups is 1. The fourth-order valence-corrected chi connectivity index (χ4v) is 4.87. The van der Waals surface area contributed by atoms with Gasteiger partial charge >= 0.3 is 0 Å². The van der Waals surface area contributed by atoms with Crippen LogP contribution in [0.5, 0.6) is 0 Å². The third-order valence-electron chi connectivity index (χ3n) is 4.11. The Labute approximate surface area is 111 Å². The zero-order chi connectivity index (χ0) is 13.2. The van der Waals surface area contributed by atoms with E-state index in [4.69, 9.17) is 0 Å². The molecular formula is C13H26N2O2S. The van der Waals surface area contributed by atoms with Crippen LogP contribution >= 0.6 is 0 Å². The molecule has 18 heavy (non-hydrogen) atoms. The van der Waals surface area contributed by atoms with Crippen molar-refractivity contribution in [1.29, 1.82) is 0 Å². The van der Waals surface area contributed by atoms with Gasteiger partial charge in [-0.1, -0.05) is 6.92 Å². The minimum absolute atomic E-state index is 0.366. The van der Waals surface area contributed by atoms with Crippen LogP contribution in [0.3, 0.4) is 0 Å². The van der Waals surface area contributed by atoms with Crippen LogP contribution in [0.25, 0.3) is 0 Å². The molecule has 0 bridgehead atoms. The van der Waals surface area contributed by atoms with Crippen LogP contribution < -0.4 is 5.32 Å². The number of hydrogen-bond acceptors (Lipinski definition) is 4. The first-order valence-corrected chi connectivity index (χ1v) is 8.93. The maximum atomic E-state index is 11.5. The van der Waals surface area contributed by atoms with E-state index in [0.717, 1.165) is 39.0 Å². The highest BCUT2D eigenvalue weighted by molar-refractivity contribution is 7.91. The second-order valence-electron chi connectivity index (χ2n) is 6.23. The standard InChI is InChI=1S/C13H26N2O2S/c1-11-7-14-12(2)3-5-15(8-11)9-13-4-6-18(16,17)10-13/h11-14H,3-10H2,1-2H3. The third-order valence-corrected chi connectivity index (χ3v) is 5.94. The quantitative estimate of drug-likeness (QED) is 0.807. The van der Waals surface area contributed by atoms with Crippen molar-refractivity contribution in [3.8, 4) is 0 Å². The average Bonchev–Trinajstić information content (AvgIpc) is 2.61. The second-order valence-corrected chi connectivity index (χ2v) is 8.46. The second kappa shape index (κ2) is 5.88. The van der Waals surface area contributed by atoms with Gasteiger partial charge in [0.2, 0.25) is 0 Å². The van der Waals surface area contributed by atoms with Gasteiger partial charge in [0.1, 0.15) is 0 Å². The summed E-state index contributed by atoms with van der Waals surface area (Å²) < 4.78 is 23.0. The highest BCUT2D eigenvalue weighted by Gasteiger charge is 2.29. The summed E-state index contributed by atoms with van der Waals surface area (Å²) in [4.78, 5) is 2.48. The molecule has 5 heteroatoms. The minimum Gasteiger partial charge on any atom is -0.314 e. The molecular weight excluding hydrogens is 248 g/mol. The lowest BCUT2D eigenvalue weighted by Gasteiger charge is -2.32. The number of hydrogen-bond donors (Lipinski definition) is 1. The average molecular weight is 274 g/mol. The summed E-state index contributed by atoms with van der Waals surface area (Å²) in [7, 11) is -2.73. The molecule has 1 N–H and O–H groups in total. The monoisotopic (exact) mass is 274 g/mol. The third kappa shape index (κ3) is 4.21. The lowest BCUT2D eigenvalue weighted by Crippen LogP contribution is -2.44. The molecule has 0 aliphatic carbocycles. The van der Waals surface area contributed by atoms with Crippen molar-refractivity contribution in [2.45, 2.75) is 32.7 Å².